The molecule has 1 amide bonds. The fourth-order valence-corrected chi connectivity index (χ4v) is 3.63. The maximum absolute atomic E-state index is 12.2. The van der Waals surface area contributed by atoms with E-state index in [0.717, 1.165) is 34.2 Å². The highest BCUT2D eigenvalue weighted by atomic mass is 35.5. The number of nitrogens with one attached hydrogen (secondary N) is 2. The molecule has 3 rings (SSSR count). The number of halogens is 1. The quantitative estimate of drug-likeness (QED) is 0.871. The minimum Gasteiger partial charge on any atom is -0.349 e. The number of nitrogens with zero attached hydrogens (tertiary/aromatic N) is 1. The number of aryl methyl sites for hydroxylation is 1. The summed E-state index contributed by atoms with van der Waals surface area (Å²) in [7, 11) is 0. The molecule has 4 nitrogen and oxygen atoms in total. The molecule has 0 saturated carbocycles. The highest BCUT2D eigenvalue weighted by Gasteiger charge is 2.28. The summed E-state index contributed by atoms with van der Waals surface area (Å²) in [5, 5.41) is 7.86. The maximum Gasteiger partial charge on any atom is 0.223 e. The van der Waals surface area contributed by atoms with Crippen molar-refractivity contribution in [3.63, 3.8) is 0 Å². The van der Waals surface area contributed by atoms with Crippen LogP contribution in [0.4, 0.5) is 0 Å². The van der Waals surface area contributed by atoms with E-state index in [1.54, 1.807) is 11.3 Å². The number of benzene rings is 1. The SMILES string of the molecule is Cc1sc(CNC(=O)C(C)C2CNC2)nc1-c1ccc(Cl)cc1. The van der Waals surface area contributed by atoms with Crippen molar-refractivity contribution in [2.24, 2.45) is 11.8 Å². The number of hydrogen-bond donors (Lipinski definition) is 2. The third-order valence-electron chi connectivity index (χ3n) is 4.31. The van der Waals surface area contributed by atoms with E-state index >= 15 is 0 Å². The highest BCUT2D eigenvalue weighted by molar-refractivity contribution is 7.12. The zero-order chi connectivity index (χ0) is 16.4. The van der Waals surface area contributed by atoms with E-state index in [1.807, 2.05) is 31.2 Å². The van der Waals surface area contributed by atoms with Crippen molar-refractivity contribution in [3.8, 4) is 11.3 Å². The van der Waals surface area contributed by atoms with E-state index in [-0.39, 0.29) is 11.8 Å². The largest absolute Gasteiger partial charge is 0.349 e. The summed E-state index contributed by atoms with van der Waals surface area (Å²) < 4.78 is 0. The van der Waals surface area contributed by atoms with Gasteiger partial charge in [0.2, 0.25) is 5.91 Å². The molecular weight excluding hydrogens is 330 g/mol. The van der Waals surface area contributed by atoms with Gasteiger partial charge in [-0.1, -0.05) is 30.7 Å². The Morgan fingerprint density at radius 3 is 2.74 bits per heavy atom. The molecule has 1 aliphatic heterocycles. The Bertz CT molecular complexity index is 694. The molecule has 1 aromatic carbocycles. The number of amides is 1. The van der Waals surface area contributed by atoms with Gasteiger partial charge in [0.1, 0.15) is 5.01 Å². The second-order valence-corrected chi connectivity index (χ2v) is 7.67. The minimum absolute atomic E-state index is 0.0491. The number of aromatic nitrogens is 1. The summed E-state index contributed by atoms with van der Waals surface area (Å²) in [6, 6.07) is 7.67. The third-order valence-corrected chi connectivity index (χ3v) is 5.53. The van der Waals surface area contributed by atoms with Gasteiger partial charge in [-0.3, -0.25) is 4.79 Å². The summed E-state index contributed by atoms with van der Waals surface area (Å²) in [4.78, 5) is 18.0. The van der Waals surface area contributed by atoms with Crippen molar-refractivity contribution in [1.29, 1.82) is 0 Å². The molecule has 2 aromatic rings. The molecule has 1 aromatic heterocycles. The van der Waals surface area contributed by atoms with Crippen LogP contribution in [0.1, 0.15) is 16.8 Å². The zero-order valence-electron chi connectivity index (χ0n) is 13.2. The molecule has 6 heteroatoms. The van der Waals surface area contributed by atoms with Gasteiger partial charge in [-0.15, -0.1) is 11.3 Å². The van der Waals surface area contributed by atoms with E-state index in [0.29, 0.717) is 17.5 Å². The molecule has 0 aliphatic carbocycles. The van der Waals surface area contributed by atoms with Crippen molar-refractivity contribution in [1.82, 2.24) is 15.6 Å². The lowest BCUT2D eigenvalue weighted by molar-refractivity contribution is -0.126. The van der Waals surface area contributed by atoms with Crippen LogP contribution in [-0.4, -0.2) is 24.0 Å². The van der Waals surface area contributed by atoms with Gasteiger partial charge in [0.05, 0.1) is 12.2 Å². The summed E-state index contributed by atoms with van der Waals surface area (Å²) in [6.45, 7) is 6.41. The molecule has 0 spiro atoms. The van der Waals surface area contributed by atoms with Gasteiger partial charge in [-0.05, 0) is 38.1 Å². The normalized spacial score (nSPS) is 16.0. The molecule has 1 saturated heterocycles. The van der Waals surface area contributed by atoms with Crippen LogP contribution in [0, 0.1) is 18.8 Å². The fourth-order valence-electron chi connectivity index (χ4n) is 2.60. The average Bonchev–Trinajstić information content (AvgIpc) is 2.85. The smallest absolute Gasteiger partial charge is 0.223 e. The standard InChI is InChI=1S/C17H20ClN3OS/c1-10(13-7-19-8-13)17(22)20-9-15-21-16(11(2)23-15)12-3-5-14(18)6-4-12/h3-6,10,13,19H,7-9H2,1-2H3,(H,20,22). The first-order valence-corrected chi connectivity index (χ1v) is 8.94. The van der Waals surface area contributed by atoms with E-state index in [1.165, 1.54) is 0 Å². The van der Waals surface area contributed by atoms with Gasteiger partial charge in [-0.25, -0.2) is 4.98 Å². The van der Waals surface area contributed by atoms with Crippen LogP contribution in [0.25, 0.3) is 11.3 Å². The van der Waals surface area contributed by atoms with Crippen LogP contribution >= 0.6 is 22.9 Å². The van der Waals surface area contributed by atoms with Crippen LogP contribution in [0.15, 0.2) is 24.3 Å². The van der Waals surface area contributed by atoms with Gasteiger partial charge in [0.15, 0.2) is 0 Å². The van der Waals surface area contributed by atoms with Crippen LogP contribution in [0.5, 0.6) is 0 Å². The fraction of sp³-hybridized carbons (Fsp3) is 0.412. The number of carbonyl (C=O) groups is 1. The lowest BCUT2D eigenvalue weighted by Crippen LogP contribution is -2.49. The molecular formula is C17H20ClN3OS. The van der Waals surface area contributed by atoms with E-state index < -0.39 is 0 Å². The molecule has 1 aliphatic rings. The Hall–Kier alpha value is -1.43. The zero-order valence-corrected chi connectivity index (χ0v) is 14.8. The monoisotopic (exact) mass is 349 g/mol. The first-order valence-electron chi connectivity index (χ1n) is 7.75. The van der Waals surface area contributed by atoms with Crippen LogP contribution in [0.2, 0.25) is 5.02 Å². The molecule has 0 radical (unpaired) electrons. The number of rotatable bonds is 5. The van der Waals surface area contributed by atoms with Gasteiger partial charge >= 0.3 is 0 Å². The van der Waals surface area contributed by atoms with E-state index in [2.05, 4.69) is 22.5 Å². The summed E-state index contributed by atoms with van der Waals surface area (Å²) in [5.41, 5.74) is 2.02. The summed E-state index contributed by atoms with van der Waals surface area (Å²) in [5.74, 6) is 0.614. The second kappa shape index (κ2) is 6.99. The van der Waals surface area contributed by atoms with Crippen molar-refractivity contribution >= 4 is 28.8 Å². The Labute approximate surface area is 145 Å². The van der Waals surface area contributed by atoms with Crippen molar-refractivity contribution < 1.29 is 4.79 Å². The molecule has 2 N–H and O–H groups in total. The average molecular weight is 350 g/mol. The number of thiazole rings is 1. The second-order valence-electron chi connectivity index (χ2n) is 5.94. The summed E-state index contributed by atoms with van der Waals surface area (Å²) >= 11 is 7.55. The number of hydrogen-bond acceptors (Lipinski definition) is 4. The van der Waals surface area contributed by atoms with Gasteiger partial charge in [0, 0.05) is 21.4 Å². The molecule has 0 bridgehead atoms. The van der Waals surface area contributed by atoms with E-state index in [9.17, 15) is 4.79 Å². The number of carbonyl (C=O) groups excluding carboxylic acids is 1. The molecule has 1 fully saturated rings. The predicted octanol–water partition coefficient (Wildman–Crippen LogP) is 3.24. The van der Waals surface area contributed by atoms with Crippen LogP contribution in [-0.2, 0) is 11.3 Å². The minimum atomic E-state index is 0.0491. The van der Waals surface area contributed by atoms with Crippen molar-refractivity contribution in [3.05, 3.63) is 39.2 Å². The van der Waals surface area contributed by atoms with Gasteiger partial charge in [0.25, 0.3) is 0 Å². The Kier molecular flexibility index (Phi) is 4.99. The van der Waals surface area contributed by atoms with Crippen molar-refractivity contribution in [2.75, 3.05) is 13.1 Å². The van der Waals surface area contributed by atoms with E-state index in [4.69, 9.17) is 11.6 Å². The van der Waals surface area contributed by atoms with Crippen LogP contribution < -0.4 is 10.6 Å². The van der Waals surface area contributed by atoms with Gasteiger partial charge in [-0.2, -0.15) is 0 Å². The molecule has 2 heterocycles. The molecule has 23 heavy (non-hydrogen) atoms. The maximum atomic E-state index is 12.2. The Morgan fingerprint density at radius 1 is 1.43 bits per heavy atom. The molecule has 1 atom stereocenters. The third kappa shape index (κ3) is 3.74. The predicted molar refractivity (Wildman–Crippen MR) is 94.7 cm³/mol. The topological polar surface area (TPSA) is 54.0 Å². The van der Waals surface area contributed by atoms with Crippen molar-refractivity contribution in [2.45, 2.75) is 20.4 Å². The molecule has 1 unspecified atom stereocenters. The lowest BCUT2D eigenvalue weighted by Gasteiger charge is -2.31. The molecule has 122 valence electrons. The Balaban J connectivity index is 1.64. The van der Waals surface area contributed by atoms with Gasteiger partial charge < -0.3 is 10.6 Å². The first kappa shape index (κ1) is 16.4. The van der Waals surface area contributed by atoms with Crippen LogP contribution in [0.3, 0.4) is 0 Å². The highest BCUT2D eigenvalue weighted by Crippen LogP contribution is 2.28. The Morgan fingerprint density at radius 2 is 2.13 bits per heavy atom. The first-order chi connectivity index (χ1) is 11.0. The lowest BCUT2D eigenvalue weighted by atomic mass is 9.88. The summed E-state index contributed by atoms with van der Waals surface area (Å²) in [6.07, 6.45) is 0.